The Hall–Kier alpha value is -3.05. The van der Waals surface area contributed by atoms with Gasteiger partial charge in [0.15, 0.2) is 0 Å². The lowest BCUT2D eigenvalue weighted by atomic mass is 9.85. The Morgan fingerprint density at radius 1 is 0.422 bits per heavy atom. The smallest absolute Gasteiger partial charge is 0.319 e. The van der Waals surface area contributed by atoms with Crippen LogP contribution in [0.15, 0.2) is 0 Å². The molecule has 5 saturated carbocycles. The minimum atomic E-state index is -0.171. The summed E-state index contributed by atoms with van der Waals surface area (Å²) in [4.78, 5) is 76.2. The largest absolute Gasteiger partial charge is 0.468 e. The fourth-order valence-electron chi connectivity index (χ4n) is 13.6. The number of ether oxygens (including phenoxy) is 1. The molecule has 2 aliphatic heterocycles. The molecule has 0 spiro atoms. The Morgan fingerprint density at radius 2 is 0.711 bits per heavy atom. The first kappa shape index (κ1) is 74.2. The predicted octanol–water partition coefficient (Wildman–Crippen LogP) is 3.47. The minimum absolute atomic E-state index is 0.0791. The van der Waals surface area contributed by atoms with E-state index in [0.29, 0.717) is 62.9 Å². The Balaban J connectivity index is 0.000000272. The lowest BCUT2D eigenvalue weighted by Gasteiger charge is -2.41. The van der Waals surface area contributed by atoms with Gasteiger partial charge in [-0.1, -0.05) is 0 Å². The van der Waals surface area contributed by atoms with Crippen LogP contribution >= 0.6 is 0 Å². The van der Waals surface area contributed by atoms with E-state index >= 15 is 0 Å². The number of hydrogen-bond donors (Lipinski definition) is 5. The van der Waals surface area contributed by atoms with Crippen molar-refractivity contribution in [1.82, 2.24) is 70.7 Å². The topological polar surface area (TPSA) is 184 Å². The number of methoxy groups -OCH3 is 1. The van der Waals surface area contributed by atoms with Crippen LogP contribution in [0, 0.1) is 29.6 Å². The molecule has 2 saturated heterocycles. The maximum Gasteiger partial charge on any atom is 0.319 e. The molecule has 20 heteroatoms. The first-order chi connectivity index (χ1) is 39.5. The Bertz CT molecular complexity index is 1660. The highest BCUT2D eigenvalue weighted by Crippen LogP contribution is 2.31. The van der Waals surface area contributed by atoms with Crippen LogP contribution in [0.1, 0.15) is 128 Å². The van der Waals surface area contributed by atoms with Crippen molar-refractivity contribution in [1.29, 1.82) is 0 Å². The number of rotatable bonds is 21. The molecule has 5 aliphatic carbocycles. The van der Waals surface area contributed by atoms with E-state index in [1.165, 1.54) is 168 Å². The molecule has 0 aromatic rings. The maximum atomic E-state index is 11.7. The molecule has 0 atom stereocenters. The van der Waals surface area contributed by atoms with Crippen LogP contribution in [0.3, 0.4) is 0 Å². The van der Waals surface area contributed by atoms with Gasteiger partial charge in [-0.25, -0.2) is 0 Å². The molecule has 2 heterocycles. The first-order valence-corrected chi connectivity index (χ1v) is 32.3. The van der Waals surface area contributed by atoms with E-state index in [-0.39, 0.29) is 29.6 Å². The zero-order valence-corrected chi connectivity index (χ0v) is 55.6. The van der Waals surface area contributed by atoms with Gasteiger partial charge >= 0.3 is 5.97 Å². The summed E-state index contributed by atoms with van der Waals surface area (Å²) in [6.07, 6.45) is 25.2. The van der Waals surface area contributed by atoms with Crippen molar-refractivity contribution in [2.24, 2.45) is 29.6 Å². The van der Waals surface area contributed by atoms with Gasteiger partial charge in [-0.15, -0.1) is 0 Å². The van der Waals surface area contributed by atoms with Crippen molar-refractivity contribution in [2.75, 3.05) is 191 Å². The van der Waals surface area contributed by atoms with E-state index in [4.69, 9.17) is 0 Å². The van der Waals surface area contributed by atoms with Crippen molar-refractivity contribution in [3.8, 4) is 0 Å². The highest BCUT2D eigenvalue weighted by atomic mass is 16.5. The summed E-state index contributed by atoms with van der Waals surface area (Å²) >= 11 is 0. The zero-order chi connectivity index (χ0) is 61.4. The molecule has 484 valence electrons. The average Bonchev–Trinajstić information content (AvgIpc) is 4.02. The van der Waals surface area contributed by atoms with Crippen molar-refractivity contribution in [2.45, 2.75) is 159 Å². The minimum Gasteiger partial charge on any atom is -0.468 e. The molecule has 7 fully saturated rings. The standard InChI is InChI=1S/C14H27N3O.C13H25N3O.2C12H25N3O.C12H24N2O2/c1-15(2)10-12-4-6-13(7-5-12)17-9-8-16(3)14(18)11-17;1-14(2)8-11-4-6-12(7-5-11)16-9-13(17)15(3)10-16;2*1-13-12(16)8-14-11-6-4-10(5-7-11)9-15(2)3;1-14(2)9-10-4-6-11(7-5-10)13-8-12(15)16-3/h12-13H,4-11H2,1-3H3;11-12H,4-10H2,1-3H3;2*10-11,14H,4-9H2,1-3H3,(H,13,16);10-11,13H,4-9H2,1-3H3. The summed E-state index contributed by atoms with van der Waals surface area (Å²) in [6.45, 7) is 11.3. The van der Waals surface area contributed by atoms with Gasteiger partial charge in [0.2, 0.25) is 23.6 Å². The molecule has 4 amide bonds. The van der Waals surface area contributed by atoms with Crippen molar-refractivity contribution < 1.29 is 28.7 Å². The lowest BCUT2D eigenvalue weighted by Crippen LogP contribution is -2.53. The number of nitrogens with one attached hydrogen (secondary N) is 5. The molecule has 0 unspecified atom stereocenters. The van der Waals surface area contributed by atoms with Gasteiger partial charge in [-0.05, 0) is 228 Å². The molecular formula is C63H126N14O6. The highest BCUT2D eigenvalue weighted by Gasteiger charge is 2.34. The van der Waals surface area contributed by atoms with Crippen LogP contribution in [0.25, 0.3) is 0 Å². The first-order valence-electron chi connectivity index (χ1n) is 32.3. The fraction of sp³-hybridized carbons (Fsp3) is 0.921. The second-order valence-corrected chi connectivity index (χ2v) is 27.1. The number of likely N-dealkylation sites (N-methyl/N-ethyl adjacent to an activating group) is 4. The van der Waals surface area contributed by atoms with Crippen LogP contribution in [-0.4, -0.2) is 295 Å². The number of esters is 1. The van der Waals surface area contributed by atoms with Crippen LogP contribution in [0.2, 0.25) is 0 Å². The molecule has 0 aromatic heterocycles. The van der Waals surface area contributed by atoms with Crippen molar-refractivity contribution in [3.63, 3.8) is 0 Å². The molecule has 5 N–H and O–H groups in total. The molecule has 0 aromatic carbocycles. The van der Waals surface area contributed by atoms with E-state index in [1.807, 2.05) is 23.9 Å². The number of piperazine rings is 1. The highest BCUT2D eigenvalue weighted by molar-refractivity contribution is 5.80. The molecule has 20 nitrogen and oxygen atoms in total. The van der Waals surface area contributed by atoms with Gasteiger partial charge < -0.3 is 65.6 Å². The number of nitrogens with zero attached hydrogens (tertiary/aromatic N) is 9. The number of carbonyl (C=O) groups excluding carboxylic acids is 5. The molecule has 83 heavy (non-hydrogen) atoms. The summed E-state index contributed by atoms with van der Waals surface area (Å²) in [7, 11) is 30.0. The number of hydrogen-bond acceptors (Lipinski definition) is 16. The van der Waals surface area contributed by atoms with E-state index in [9.17, 15) is 24.0 Å². The second kappa shape index (κ2) is 41.2. The van der Waals surface area contributed by atoms with Gasteiger partial charge in [0.25, 0.3) is 0 Å². The molecule has 0 radical (unpaired) electrons. The van der Waals surface area contributed by atoms with Gasteiger partial charge in [0.05, 0.1) is 46.5 Å². The summed E-state index contributed by atoms with van der Waals surface area (Å²) in [5, 5.41) is 15.2. The SMILES string of the molecule is CN(C)CC1CCC(N2CC(=O)N(C)C2)CC1.CN(C)CC1CCC(N2CCN(C)C(=O)C2)CC1.CNC(=O)CNC1CCC(CN(C)C)CC1.CNC(=O)CNC1CCC(CN(C)C)CC1.COC(=O)CNC1CCC(CN(C)C)CC1. The summed E-state index contributed by atoms with van der Waals surface area (Å²) in [5.74, 6) is 4.78. The Morgan fingerprint density at radius 3 is 0.988 bits per heavy atom. The summed E-state index contributed by atoms with van der Waals surface area (Å²) in [6, 6.07) is 2.87. The maximum absolute atomic E-state index is 11.7. The van der Waals surface area contributed by atoms with Crippen LogP contribution < -0.4 is 26.6 Å². The number of amides is 4. The van der Waals surface area contributed by atoms with Gasteiger partial charge in [0, 0.05) is 104 Å². The Kier molecular flexibility index (Phi) is 36.8. The quantitative estimate of drug-likeness (QED) is 0.105. The van der Waals surface area contributed by atoms with E-state index in [1.54, 1.807) is 14.1 Å². The third-order valence-corrected chi connectivity index (χ3v) is 18.4. The fourth-order valence-corrected chi connectivity index (χ4v) is 13.6. The van der Waals surface area contributed by atoms with E-state index in [0.717, 1.165) is 49.3 Å². The number of carbonyl (C=O) groups is 5. The van der Waals surface area contributed by atoms with Crippen LogP contribution in [0.4, 0.5) is 0 Å². The van der Waals surface area contributed by atoms with Crippen molar-refractivity contribution >= 4 is 29.6 Å². The molecular weight excluding hydrogens is 1050 g/mol. The third-order valence-electron chi connectivity index (χ3n) is 18.4. The summed E-state index contributed by atoms with van der Waals surface area (Å²) < 4.78 is 4.61. The Labute approximate surface area is 506 Å². The molecule has 7 rings (SSSR count). The zero-order valence-electron chi connectivity index (χ0n) is 55.6. The molecule has 0 bridgehead atoms. The van der Waals surface area contributed by atoms with Gasteiger partial charge in [-0.3, -0.25) is 33.8 Å². The van der Waals surface area contributed by atoms with Crippen LogP contribution in [0.5, 0.6) is 0 Å². The average molecular weight is 1180 g/mol. The van der Waals surface area contributed by atoms with E-state index in [2.05, 4.69) is 136 Å². The van der Waals surface area contributed by atoms with Gasteiger partial charge in [0.1, 0.15) is 0 Å². The summed E-state index contributed by atoms with van der Waals surface area (Å²) in [5.41, 5.74) is 0. The van der Waals surface area contributed by atoms with Crippen LogP contribution in [-0.2, 0) is 28.7 Å². The normalized spacial score (nSPS) is 28.1. The van der Waals surface area contributed by atoms with Crippen molar-refractivity contribution in [3.05, 3.63) is 0 Å². The molecule has 7 aliphatic rings. The predicted molar refractivity (Wildman–Crippen MR) is 339 cm³/mol. The van der Waals surface area contributed by atoms with Gasteiger partial charge in [-0.2, -0.15) is 0 Å². The third kappa shape index (κ3) is 32.0. The van der Waals surface area contributed by atoms with E-state index < -0.39 is 0 Å². The second-order valence-electron chi connectivity index (χ2n) is 27.1. The lowest BCUT2D eigenvalue weighted by molar-refractivity contribution is -0.139. The monoisotopic (exact) mass is 1170 g/mol.